The van der Waals surface area contributed by atoms with E-state index in [9.17, 15) is 18.4 Å². The van der Waals surface area contributed by atoms with E-state index in [-0.39, 0.29) is 16.6 Å². The summed E-state index contributed by atoms with van der Waals surface area (Å²) in [7, 11) is 0. The molecule has 0 bridgehead atoms. The Labute approximate surface area is 127 Å². The number of amides is 2. The highest BCUT2D eigenvalue weighted by Crippen LogP contribution is 2.22. The number of halogens is 2. The highest BCUT2D eigenvalue weighted by atomic mass is 32.1. The van der Waals surface area contributed by atoms with Crippen molar-refractivity contribution in [3.8, 4) is 0 Å². The average Bonchev–Trinajstić information content (AvgIpc) is 2.79. The zero-order valence-electron chi connectivity index (χ0n) is 11.3. The molecule has 2 aromatic rings. The predicted molar refractivity (Wildman–Crippen MR) is 76.0 cm³/mol. The van der Waals surface area contributed by atoms with E-state index in [4.69, 9.17) is 5.11 Å². The van der Waals surface area contributed by atoms with Gasteiger partial charge in [-0.25, -0.2) is 18.6 Å². The maximum absolute atomic E-state index is 13.1. The van der Waals surface area contributed by atoms with Gasteiger partial charge in [0.25, 0.3) is 5.91 Å². The van der Waals surface area contributed by atoms with Gasteiger partial charge in [0.1, 0.15) is 4.88 Å². The lowest BCUT2D eigenvalue weighted by atomic mass is 10.2. The van der Waals surface area contributed by atoms with Crippen LogP contribution in [0.2, 0.25) is 0 Å². The van der Waals surface area contributed by atoms with Crippen LogP contribution in [0.25, 0.3) is 0 Å². The van der Waals surface area contributed by atoms with E-state index < -0.39 is 23.6 Å². The van der Waals surface area contributed by atoms with Crippen LogP contribution in [-0.2, 0) is 6.54 Å². The van der Waals surface area contributed by atoms with E-state index >= 15 is 0 Å². The number of nitrogens with one attached hydrogen (secondary N) is 2. The molecule has 0 aliphatic rings. The van der Waals surface area contributed by atoms with Crippen molar-refractivity contribution in [2.45, 2.75) is 13.5 Å². The van der Waals surface area contributed by atoms with Crippen molar-refractivity contribution >= 4 is 28.5 Å². The highest BCUT2D eigenvalue weighted by Gasteiger charge is 2.16. The normalized spacial score (nSPS) is 10.3. The second kappa shape index (κ2) is 6.48. The number of nitrogens with zero attached hydrogens (tertiary/aromatic N) is 1. The molecule has 3 N–H and O–H groups in total. The van der Waals surface area contributed by atoms with Crippen LogP contribution in [0, 0.1) is 18.6 Å². The molecule has 9 heteroatoms. The quantitative estimate of drug-likeness (QED) is 0.805. The van der Waals surface area contributed by atoms with Crippen molar-refractivity contribution in [3.05, 3.63) is 46.0 Å². The molecule has 0 atom stereocenters. The molecule has 0 saturated carbocycles. The second-order valence-corrected chi connectivity index (χ2v) is 5.29. The Hall–Kier alpha value is -2.55. The number of carbonyl (C=O) groups is 2. The maximum Gasteiger partial charge on any atom is 0.410 e. The van der Waals surface area contributed by atoms with Crippen LogP contribution in [0.3, 0.4) is 0 Å². The van der Waals surface area contributed by atoms with Crippen molar-refractivity contribution in [2.75, 3.05) is 5.32 Å². The molecule has 0 aliphatic carbocycles. The summed E-state index contributed by atoms with van der Waals surface area (Å²) in [6.07, 6.45) is -1.28. The van der Waals surface area contributed by atoms with Gasteiger partial charge in [0.05, 0.1) is 5.69 Å². The number of carbonyl (C=O) groups excluding carboxylic acids is 1. The molecule has 0 radical (unpaired) electrons. The Morgan fingerprint density at radius 1 is 1.32 bits per heavy atom. The van der Waals surface area contributed by atoms with Gasteiger partial charge in [0.2, 0.25) is 0 Å². The van der Waals surface area contributed by atoms with E-state index in [1.54, 1.807) is 6.92 Å². The van der Waals surface area contributed by atoms with Crippen LogP contribution in [0.5, 0.6) is 0 Å². The fourth-order valence-electron chi connectivity index (χ4n) is 1.66. The van der Waals surface area contributed by atoms with Gasteiger partial charge in [-0.05, 0) is 24.6 Å². The second-order valence-electron chi connectivity index (χ2n) is 4.29. The first-order valence-corrected chi connectivity index (χ1v) is 6.88. The smallest absolute Gasteiger partial charge is 0.410 e. The molecular formula is C13H11F2N3O3S. The van der Waals surface area contributed by atoms with Gasteiger partial charge >= 0.3 is 6.09 Å². The molecule has 116 valence electrons. The van der Waals surface area contributed by atoms with E-state index in [1.807, 2.05) is 0 Å². The Balaban J connectivity index is 2.04. The predicted octanol–water partition coefficient (Wildman–Crippen LogP) is 2.75. The van der Waals surface area contributed by atoms with Gasteiger partial charge in [-0.1, -0.05) is 17.4 Å². The minimum Gasteiger partial charge on any atom is -0.465 e. The fraction of sp³-hybridized carbons (Fsp3) is 0.154. The number of aryl methyl sites for hydroxylation is 1. The summed E-state index contributed by atoms with van der Waals surface area (Å²) in [5, 5.41) is 13.3. The Kier molecular flexibility index (Phi) is 4.66. The SMILES string of the molecule is Cc1nc(NC(=O)O)sc1C(=O)NCc1ccc(F)c(F)c1. The number of carboxylic acid groups (broad SMARTS) is 1. The van der Waals surface area contributed by atoms with E-state index in [1.165, 1.54) is 6.07 Å². The average molecular weight is 327 g/mol. The molecule has 1 aromatic heterocycles. The topological polar surface area (TPSA) is 91.3 Å². The summed E-state index contributed by atoms with van der Waals surface area (Å²) in [5.74, 6) is -2.43. The van der Waals surface area contributed by atoms with Crippen LogP contribution < -0.4 is 10.6 Å². The third-order valence-corrected chi connectivity index (χ3v) is 3.73. The van der Waals surface area contributed by atoms with Crippen molar-refractivity contribution in [2.24, 2.45) is 0 Å². The minimum absolute atomic E-state index is 0.00899. The van der Waals surface area contributed by atoms with Crippen molar-refractivity contribution in [1.82, 2.24) is 10.3 Å². The molecule has 22 heavy (non-hydrogen) atoms. The molecule has 0 aliphatic heterocycles. The molecule has 0 unspecified atom stereocenters. The van der Waals surface area contributed by atoms with Crippen molar-refractivity contribution < 1.29 is 23.5 Å². The maximum atomic E-state index is 13.1. The number of aromatic nitrogens is 1. The number of benzene rings is 1. The summed E-state index contributed by atoms with van der Waals surface area (Å²) in [4.78, 5) is 26.7. The Morgan fingerprint density at radius 2 is 2.05 bits per heavy atom. The lowest BCUT2D eigenvalue weighted by Crippen LogP contribution is -2.22. The lowest BCUT2D eigenvalue weighted by Gasteiger charge is -2.04. The summed E-state index contributed by atoms with van der Waals surface area (Å²) < 4.78 is 25.9. The molecule has 0 saturated heterocycles. The summed E-state index contributed by atoms with van der Waals surface area (Å²) in [5.41, 5.74) is 0.773. The zero-order valence-corrected chi connectivity index (χ0v) is 12.1. The minimum atomic E-state index is -1.28. The first-order chi connectivity index (χ1) is 10.4. The number of hydrogen-bond acceptors (Lipinski definition) is 4. The number of thiazole rings is 1. The van der Waals surface area contributed by atoms with E-state index in [0.29, 0.717) is 11.3 Å². The number of rotatable bonds is 4. The van der Waals surface area contributed by atoms with Gasteiger partial charge in [-0.2, -0.15) is 0 Å². The summed E-state index contributed by atoms with van der Waals surface area (Å²) in [6, 6.07) is 3.33. The Morgan fingerprint density at radius 3 is 2.68 bits per heavy atom. The molecular weight excluding hydrogens is 316 g/mol. The third kappa shape index (κ3) is 3.76. The van der Waals surface area contributed by atoms with Crippen LogP contribution in [0.15, 0.2) is 18.2 Å². The first-order valence-electron chi connectivity index (χ1n) is 6.06. The monoisotopic (exact) mass is 327 g/mol. The summed E-state index contributed by atoms with van der Waals surface area (Å²) >= 11 is 0.888. The van der Waals surface area contributed by atoms with E-state index in [0.717, 1.165) is 23.5 Å². The van der Waals surface area contributed by atoms with Gasteiger partial charge in [-0.15, -0.1) is 0 Å². The fourth-order valence-corrected chi connectivity index (χ4v) is 2.54. The first kappa shape index (κ1) is 15.8. The molecule has 2 rings (SSSR count). The van der Waals surface area contributed by atoms with Crippen LogP contribution in [0.4, 0.5) is 18.7 Å². The van der Waals surface area contributed by atoms with Gasteiger partial charge in [0, 0.05) is 6.54 Å². The highest BCUT2D eigenvalue weighted by molar-refractivity contribution is 7.17. The van der Waals surface area contributed by atoms with E-state index in [2.05, 4.69) is 15.6 Å². The van der Waals surface area contributed by atoms with Crippen LogP contribution >= 0.6 is 11.3 Å². The lowest BCUT2D eigenvalue weighted by molar-refractivity contribution is 0.0954. The molecule has 1 aromatic carbocycles. The largest absolute Gasteiger partial charge is 0.465 e. The van der Waals surface area contributed by atoms with Crippen molar-refractivity contribution in [1.29, 1.82) is 0 Å². The standard InChI is InChI=1S/C13H11F2N3O3S/c1-6-10(22-12(17-6)18-13(20)21)11(19)16-5-7-2-3-8(14)9(15)4-7/h2-4H,5H2,1H3,(H,16,19)(H,17,18)(H,20,21). The molecule has 0 spiro atoms. The van der Waals surface area contributed by atoms with Gasteiger partial charge < -0.3 is 10.4 Å². The van der Waals surface area contributed by atoms with Crippen LogP contribution in [-0.4, -0.2) is 22.1 Å². The van der Waals surface area contributed by atoms with Crippen LogP contribution in [0.1, 0.15) is 20.9 Å². The van der Waals surface area contributed by atoms with Gasteiger partial charge in [0.15, 0.2) is 16.8 Å². The summed E-state index contributed by atoms with van der Waals surface area (Å²) in [6.45, 7) is 1.57. The van der Waals surface area contributed by atoms with Gasteiger partial charge in [-0.3, -0.25) is 10.1 Å². The Bertz CT molecular complexity index is 733. The molecule has 1 heterocycles. The molecule has 2 amide bonds. The third-order valence-electron chi connectivity index (χ3n) is 2.65. The number of anilines is 1. The molecule has 0 fully saturated rings. The molecule has 6 nitrogen and oxygen atoms in total. The number of hydrogen-bond donors (Lipinski definition) is 3. The zero-order chi connectivity index (χ0) is 16.3. The van der Waals surface area contributed by atoms with Crippen molar-refractivity contribution in [3.63, 3.8) is 0 Å².